The van der Waals surface area contributed by atoms with Crippen molar-refractivity contribution in [3.05, 3.63) is 5.82 Å². The highest BCUT2D eigenvalue weighted by atomic mass is 32.3. The summed E-state index contributed by atoms with van der Waals surface area (Å²) in [6.45, 7) is 3.63. The van der Waals surface area contributed by atoms with E-state index in [2.05, 4.69) is 9.36 Å². The monoisotopic (exact) mass is 293 g/mol. The zero-order valence-electron chi connectivity index (χ0n) is 9.83. The maximum Gasteiger partial charge on any atom is 0.307 e. The fourth-order valence-electron chi connectivity index (χ4n) is 1.62. The Kier molecular flexibility index (Phi) is 3.37. The smallest absolute Gasteiger partial charge is 0.285 e. The average molecular weight is 293 g/mol. The molecule has 0 spiro atoms. The van der Waals surface area contributed by atoms with Crippen LogP contribution in [-0.4, -0.2) is 35.5 Å². The summed E-state index contributed by atoms with van der Waals surface area (Å²) in [5.74, 6) is 0.274. The summed E-state index contributed by atoms with van der Waals surface area (Å²) in [6.07, 6.45) is -0.338. The molecule has 1 saturated heterocycles. The Morgan fingerprint density at radius 1 is 1.50 bits per heavy atom. The number of hydrogen-bond donors (Lipinski definition) is 0. The maximum atomic E-state index is 12.9. The lowest BCUT2D eigenvalue weighted by molar-refractivity contribution is -0.117. The number of anilines is 1. The van der Waals surface area contributed by atoms with Crippen LogP contribution in [0, 0.1) is 0 Å². The predicted molar refractivity (Wildman–Crippen MR) is 64.8 cm³/mol. The molecule has 18 heavy (non-hydrogen) atoms. The van der Waals surface area contributed by atoms with E-state index >= 15 is 0 Å². The lowest BCUT2D eigenvalue weighted by Gasteiger charge is -2.10. The Hall–Kier alpha value is -1.09. The molecule has 0 radical (unpaired) electrons. The number of rotatable bonds is 3. The molecule has 6 nitrogen and oxygen atoms in total. The summed E-state index contributed by atoms with van der Waals surface area (Å²) in [5.41, 5.74) is 0. The van der Waals surface area contributed by atoms with Crippen LogP contribution in [0.3, 0.4) is 0 Å². The van der Waals surface area contributed by atoms with E-state index in [1.807, 2.05) is 13.8 Å². The zero-order chi connectivity index (χ0) is 13.5. The summed E-state index contributed by atoms with van der Waals surface area (Å²) in [4.78, 5) is 17.0. The van der Waals surface area contributed by atoms with E-state index in [0.717, 1.165) is 11.5 Å². The van der Waals surface area contributed by atoms with Crippen molar-refractivity contribution in [2.75, 3.05) is 11.4 Å². The molecule has 1 unspecified atom stereocenters. The molecule has 0 saturated carbocycles. The van der Waals surface area contributed by atoms with Gasteiger partial charge in [-0.05, 0) is 0 Å². The Balaban J connectivity index is 2.22. The van der Waals surface area contributed by atoms with Gasteiger partial charge in [-0.15, -0.1) is 3.89 Å². The van der Waals surface area contributed by atoms with Crippen LogP contribution in [0.25, 0.3) is 0 Å². The summed E-state index contributed by atoms with van der Waals surface area (Å²) in [7, 11) is -4.69. The SMILES string of the molecule is CC(C)c1nsc(N2CC(S(=O)(=O)F)CC2=O)n1. The molecule has 0 aromatic carbocycles. The van der Waals surface area contributed by atoms with E-state index in [0.29, 0.717) is 11.0 Å². The van der Waals surface area contributed by atoms with Crippen LogP contribution in [0.2, 0.25) is 0 Å². The lowest BCUT2D eigenvalue weighted by atomic mass is 10.2. The molecule has 0 aliphatic carbocycles. The fraction of sp³-hybridized carbons (Fsp3) is 0.667. The minimum absolute atomic E-state index is 0.119. The summed E-state index contributed by atoms with van der Waals surface area (Å²) in [5, 5.41) is -0.966. The van der Waals surface area contributed by atoms with Crippen LogP contribution < -0.4 is 4.90 Å². The van der Waals surface area contributed by atoms with E-state index in [1.165, 1.54) is 4.90 Å². The number of amides is 1. The van der Waals surface area contributed by atoms with Gasteiger partial charge >= 0.3 is 10.2 Å². The van der Waals surface area contributed by atoms with Crippen LogP contribution in [0.15, 0.2) is 0 Å². The number of carbonyl (C=O) groups is 1. The van der Waals surface area contributed by atoms with Gasteiger partial charge in [-0.1, -0.05) is 13.8 Å². The third-order valence-electron chi connectivity index (χ3n) is 2.67. The molecule has 1 aromatic heterocycles. The van der Waals surface area contributed by atoms with E-state index in [4.69, 9.17) is 0 Å². The third kappa shape index (κ3) is 2.51. The van der Waals surface area contributed by atoms with Crippen molar-refractivity contribution in [3.8, 4) is 0 Å². The molecule has 1 atom stereocenters. The van der Waals surface area contributed by atoms with E-state index < -0.39 is 21.4 Å². The topological polar surface area (TPSA) is 80.2 Å². The van der Waals surface area contributed by atoms with E-state index in [-0.39, 0.29) is 18.9 Å². The van der Waals surface area contributed by atoms with Gasteiger partial charge in [0, 0.05) is 30.4 Å². The molecule has 1 aliphatic heterocycles. The van der Waals surface area contributed by atoms with Gasteiger partial charge in [-0.25, -0.2) is 4.98 Å². The van der Waals surface area contributed by atoms with Crippen molar-refractivity contribution < 1.29 is 17.1 Å². The fourth-order valence-corrected chi connectivity index (χ4v) is 3.12. The second kappa shape index (κ2) is 4.54. The van der Waals surface area contributed by atoms with Gasteiger partial charge in [0.25, 0.3) is 0 Å². The molecular weight excluding hydrogens is 281 g/mol. The van der Waals surface area contributed by atoms with Gasteiger partial charge in [-0.3, -0.25) is 9.69 Å². The summed E-state index contributed by atoms with van der Waals surface area (Å²) < 4.78 is 38.5. The van der Waals surface area contributed by atoms with Gasteiger partial charge in [-0.2, -0.15) is 12.8 Å². The van der Waals surface area contributed by atoms with Gasteiger partial charge in [0.1, 0.15) is 11.1 Å². The zero-order valence-corrected chi connectivity index (χ0v) is 11.5. The molecule has 100 valence electrons. The van der Waals surface area contributed by atoms with Gasteiger partial charge < -0.3 is 0 Å². The number of hydrogen-bond acceptors (Lipinski definition) is 6. The van der Waals surface area contributed by atoms with Crippen molar-refractivity contribution in [2.45, 2.75) is 31.4 Å². The Labute approximate surface area is 108 Å². The lowest BCUT2D eigenvalue weighted by Crippen LogP contribution is -2.26. The number of carbonyl (C=O) groups excluding carboxylic acids is 1. The quantitative estimate of drug-likeness (QED) is 0.779. The van der Waals surface area contributed by atoms with Crippen molar-refractivity contribution in [1.29, 1.82) is 0 Å². The Morgan fingerprint density at radius 3 is 2.61 bits per heavy atom. The van der Waals surface area contributed by atoms with Crippen LogP contribution in [0.1, 0.15) is 32.0 Å². The summed E-state index contributed by atoms with van der Waals surface area (Å²) in [6, 6.07) is 0. The van der Waals surface area contributed by atoms with Crippen molar-refractivity contribution in [2.24, 2.45) is 0 Å². The summed E-state index contributed by atoms with van der Waals surface area (Å²) >= 11 is 1.02. The van der Waals surface area contributed by atoms with Crippen LogP contribution in [-0.2, 0) is 15.0 Å². The second-order valence-corrected chi connectivity index (χ2v) is 6.74. The molecule has 2 heterocycles. The third-order valence-corrected chi connectivity index (χ3v) is 4.53. The van der Waals surface area contributed by atoms with Gasteiger partial charge in [0.2, 0.25) is 11.0 Å². The predicted octanol–water partition coefficient (Wildman–Crippen LogP) is 1.07. The largest absolute Gasteiger partial charge is 0.307 e. The van der Waals surface area contributed by atoms with Gasteiger partial charge in [0.05, 0.1) is 0 Å². The molecule has 1 amide bonds. The van der Waals surface area contributed by atoms with Crippen LogP contribution >= 0.6 is 11.5 Å². The van der Waals surface area contributed by atoms with E-state index in [9.17, 15) is 17.1 Å². The molecule has 0 N–H and O–H groups in total. The molecular formula is C9H12FN3O3S2. The van der Waals surface area contributed by atoms with Crippen molar-refractivity contribution in [1.82, 2.24) is 9.36 Å². The normalized spacial score (nSPS) is 21.0. The maximum absolute atomic E-state index is 12.9. The standard InChI is InChI=1S/C9H12FN3O3S2/c1-5(2)8-11-9(17-12-8)13-4-6(3-7(13)14)18(10,15)16/h5-6H,3-4H2,1-2H3. The molecule has 1 aromatic rings. The number of nitrogens with zero attached hydrogens (tertiary/aromatic N) is 3. The van der Waals surface area contributed by atoms with Crippen molar-refractivity contribution >= 4 is 32.8 Å². The molecule has 0 bridgehead atoms. The molecule has 1 fully saturated rings. The number of aromatic nitrogens is 2. The minimum Gasteiger partial charge on any atom is -0.285 e. The second-order valence-electron chi connectivity index (χ2n) is 4.40. The van der Waals surface area contributed by atoms with Crippen molar-refractivity contribution in [3.63, 3.8) is 0 Å². The highest BCUT2D eigenvalue weighted by Gasteiger charge is 2.40. The first-order chi connectivity index (χ1) is 8.29. The van der Waals surface area contributed by atoms with Crippen LogP contribution in [0.5, 0.6) is 0 Å². The Bertz CT molecular complexity index is 569. The average Bonchev–Trinajstić information content (AvgIpc) is 2.81. The molecule has 2 rings (SSSR count). The molecule has 9 heteroatoms. The minimum atomic E-state index is -4.69. The Morgan fingerprint density at radius 2 is 2.17 bits per heavy atom. The highest BCUT2D eigenvalue weighted by Crippen LogP contribution is 2.28. The van der Waals surface area contributed by atoms with E-state index in [1.54, 1.807) is 0 Å². The first-order valence-electron chi connectivity index (χ1n) is 5.36. The number of halogens is 1. The van der Waals surface area contributed by atoms with Gasteiger partial charge in [0.15, 0.2) is 0 Å². The van der Waals surface area contributed by atoms with Crippen LogP contribution in [0.4, 0.5) is 9.02 Å². The first-order valence-corrected chi connectivity index (χ1v) is 7.58. The first kappa shape index (κ1) is 13.3. The molecule has 1 aliphatic rings. The highest BCUT2D eigenvalue weighted by molar-refractivity contribution is 7.87.